The molecule has 0 amide bonds. The molecule has 0 fully saturated rings. The van der Waals surface area contributed by atoms with Gasteiger partial charge in [0.05, 0.1) is 17.1 Å². The number of halogens is 1. The third kappa shape index (κ3) is 3.26. The summed E-state index contributed by atoms with van der Waals surface area (Å²) in [5, 5.41) is 11.3. The third-order valence-electron chi connectivity index (χ3n) is 3.40. The summed E-state index contributed by atoms with van der Waals surface area (Å²) in [7, 11) is 0. The molecule has 0 aliphatic heterocycles. The number of nitrogens with zero attached hydrogens (tertiary/aromatic N) is 2. The highest BCUT2D eigenvalue weighted by Crippen LogP contribution is 2.21. The third-order valence-corrected chi connectivity index (χ3v) is 3.93. The zero-order chi connectivity index (χ0) is 15.4. The summed E-state index contributed by atoms with van der Waals surface area (Å²) in [6, 6.07) is 20.1. The summed E-state index contributed by atoms with van der Waals surface area (Å²) in [5.41, 5.74) is 4.69. The van der Waals surface area contributed by atoms with Gasteiger partial charge in [0.1, 0.15) is 0 Å². The van der Waals surface area contributed by atoms with Crippen molar-refractivity contribution in [3.63, 3.8) is 0 Å². The monoisotopic (exact) mass is 354 g/mol. The van der Waals surface area contributed by atoms with Crippen LogP contribution in [0.3, 0.4) is 0 Å². The van der Waals surface area contributed by atoms with Gasteiger partial charge in [-0.2, -0.15) is 10.2 Å². The summed E-state index contributed by atoms with van der Waals surface area (Å²) in [6.45, 7) is 0. The highest BCUT2D eigenvalue weighted by atomic mass is 79.9. The summed E-state index contributed by atoms with van der Waals surface area (Å²) in [5.74, 6) is 5.55. The van der Waals surface area contributed by atoms with Crippen LogP contribution < -0.4 is 5.84 Å². The average molecular weight is 355 g/mol. The first-order chi connectivity index (χ1) is 10.8. The van der Waals surface area contributed by atoms with E-state index in [9.17, 15) is 0 Å². The van der Waals surface area contributed by atoms with Crippen LogP contribution in [0, 0.1) is 0 Å². The second-order valence-corrected chi connectivity index (χ2v) is 5.83. The smallest absolute Gasteiger partial charge is 0.0927 e. The van der Waals surface area contributed by atoms with Crippen molar-refractivity contribution in [3.05, 3.63) is 76.4 Å². The number of aromatic amines is 1. The van der Waals surface area contributed by atoms with E-state index in [1.165, 1.54) is 0 Å². The van der Waals surface area contributed by atoms with E-state index >= 15 is 0 Å². The Bertz CT molecular complexity index is 776. The Morgan fingerprint density at radius 2 is 1.82 bits per heavy atom. The molecule has 0 radical (unpaired) electrons. The zero-order valence-electron chi connectivity index (χ0n) is 11.8. The quantitative estimate of drug-likeness (QED) is 0.425. The van der Waals surface area contributed by atoms with E-state index in [4.69, 9.17) is 5.84 Å². The lowest BCUT2D eigenvalue weighted by atomic mass is 10.1. The highest BCUT2D eigenvalue weighted by Gasteiger charge is 2.10. The van der Waals surface area contributed by atoms with Crippen LogP contribution in [-0.4, -0.2) is 15.9 Å². The van der Waals surface area contributed by atoms with E-state index in [0.29, 0.717) is 6.42 Å². The second-order valence-electron chi connectivity index (χ2n) is 4.91. The van der Waals surface area contributed by atoms with Gasteiger partial charge in [-0.15, -0.1) is 0 Å². The Morgan fingerprint density at radius 1 is 1.09 bits per heavy atom. The minimum absolute atomic E-state index is 0.666. The number of H-pyrrole nitrogens is 1. The number of aromatic nitrogens is 2. The van der Waals surface area contributed by atoms with E-state index in [1.54, 1.807) is 0 Å². The fraction of sp³-hybridized carbons (Fsp3) is 0.0588. The second kappa shape index (κ2) is 6.58. The predicted octanol–water partition coefficient (Wildman–Crippen LogP) is 3.74. The predicted molar refractivity (Wildman–Crippen MR) is 92.6 cm³/mol. The van der Waals surface area contributed by atoms with Gasteiger partial charge in [-0.1, -0.05) is 58.4 Å². The van der Waals surface area contributed by atoms with Crippen LogP contribution in [0.4, 0.5) is 0 Å². The van der Waals surface area contributed by atoms with E-state index in [0.717, 1.165) is 32.7 Å². The zero-order valence-corrected chi connectivity index (χ0v) is 13.4. The molecule has 22 heavy (non-hydrogen) atoms. The summed E-state index contributed by atoms with van der Waals surface area (Å²) < 4.78 is 1.04. The van der Waals surface area contributed by atoms with Gasteiger partial charge in [-0.05, 0) is 23.8 Å². The fourth-order valence-corrected chi connectivity index (χ4v) is 2.50. The maximum Gasteiger partial charge on any atom is 0.0927 e. The topological polar surface area (TPSA) is 67.1 Å². The standard InChI is InChI=1S/C17H15BrN4/c18-14-8-6-13(7-9-14)15-11-17(22-21-15)16(20-19)10-12-4-2-1-3-5-12/h1-9,11H,10,19H2,(H,21,22)/b20-16-. The van der Waals surface area contributed by atoms with Crippen LogP contribution in [0.5, 0.6) is 0 Å². The van der Waals surface area contributed by atoms with Crippen molar-refractivity contribution in [2.45, 2.75) is 6.42 Å². The van der Waals surface area contributed by atoms with Crippen molar-refractivity contribution in [1.29, 1.82) is 0 Å². The molecule has 3 N–H and O–H groups in total. The van der Waals surface area contributed by atoms with Crippen LogP contribution >= 0.6 is 15.9 Å². The number of hydrogen-bond acceptors (Lipinski definition) is 3. The number of hydrogen-bond donors (Lipinski definition) is 2. The van der Waals surface area contributed by atoms with E-state index in [1.807, 2.05) is 48.5 Å². The molecule has 0 aliphatic carbocycles. The largest absolute Gasteiger partial charge is 0.323 e. The van der Waals surface area contributed by atoms with Crippen molar-refractivity contribution < 1.29 is 0 Å². The summed E-state index contributed by atoms with van der Waals surface area (Å²) in [4.78, 5) is 0. The lowest BCUT2D eigenvalue weighted by Crippen LogP contribution is -2.08. The maximum atomic E-state index is 5.55. The van der Waals surface area contributed by atoms with Crippen molar-refractivity contribution in [1.82, 2.24) is 10.2 Å². The van der Waals surface area contributed by atoms with Crippen molar-refractivity contribution in [2.24, 2.45) is 10.9 Å². The van der Waals surface area contributed by atoms with Gasteiger partial charge in [0.25, 0.3) is 0 Å². The van der Waals surface area contributed by atoms with Gasteiger partial charge in [0.15, 0.2) is 0 Å². The Kier molecular flexibility index (Phi) is 4.34. The molecule has 0 saturated heterocycles. The van der Waals surface area contributed by atoms with Gasteiger partial charge >= 0.3 is 0 Å². The lowest BCUT2D eigenvalue weighted by molar-refractivity contribution is 1.07. The molecule has 0 bridgehead atoms. The van der Waals surface area contributed by atoms with Gasteiger partial charge in [0, 0.05) is 16.5 Å². The normalized spacial score (nSPS) is 11.6. The van der Waals surface area contributed by atoms with E-state index < -0.39 is 0 Å². The fourth-order valence-electron chi connectivity index (χ4n) is 2.24. The molecule has 1 heterocycles. The molecule has 0 unspecified atom stereocenters. The molecule has 5 heteroatoms. The molecular weight excluding hydrogens is 340 g/mol. The van der Waals surface area contributed by atoms with E-state index in [2.05, 4.69) is 43.4 Å². The van der Waals surface area contributed by atoms with Crippen molar-refractivity contribution in [3.8, 4) is 11.3 Å². The van der Waals surface area contributed by atoms with Crippen LogP contribution in [0.25, 0.3) is 11.3 Å². The van der Waals surface area contributed by atoms with Gasteiger partial charge in [-0.25, -0.2) is 0 Å². The maximum absolute atomic E-state index is 5.55. The minimum atomic E-state index is 0.666. The van der Waals surface area contributed by atoms with Crippen LogP contribution in [0.15, 0.2) is 70.2 Å². The van der Waals surface area contributed by atoms with Crippen molar-refractivity contribution in [2.75, 3.05) is 0 Å². The van der Waals surface area contributed by atoms with E-state index in [-0.39, 0.29) is 0 Å². The first-order valence-electron chi connectivity index (χ1n) is 6.88. The number of hydrazone groups is 1. The Balaban J connectivity index is 1.84. The molecule has 2 aromatic carbocycles. The highest BCUT2D eigenvalue weighted by molar-refractivity contribution is 9.10. The molecular formula is C17H15BrN4. The van der Waals surface area contributed by atoms with Crippen LogP contribution in [-0.2, 0) is 6.42 Å². The number of nitrogens with two attached hydrogens (primary N) is 1. The molecule has 1 aromatic heterocycles. The Hall–Kier alpha value is -2.40. The van der Waals surface area contributed by atoms with Crippen LogP contribution in [0.2, 0.25) is 0 Å². The number of rotatable bonds is 4. The molecule has 3 aromatic rings. The van der Waals surface area contributed by atoms with Crippen molar-refractivity contribution >= 4 is 21.6 Å². The first-order valence-corrected chi connectivity index (χ1v) is 7.68. The molecule has 3 rings (SSSR count). The first kappa shape index (κ1) is 14.5. The lowest BCUT2D eigenvalue weighted by Gasteiger charge is -2.02. The summed E-state index contributed by atoms with van der Waals surface area (Å²) >= 11 is 3.43. The molecule has 110 valence electrons. The molecule has 0 spiro atoms. The van der Waals surface area contributed by atoms with Crippen LogP contribution in [0.1, 0.15) is 11.3 Å². The van der Waals surface area contributed by atoms with Gasteiger partial charge in [0.2, 0.25) is 0 Å². The Morgan fingerprint density at radius 3 is 2.50 bits per heavy atom. The molecule has 0 saturated carbocycles. The SMILES string of the molecule is N/N=C(/Cc1ccccc1)c1cc(-c2ccc(Br)cc2)n[nH]1. The number of nitrogens with one attached hydrogen (secondary N) is 1. The van der Waals surface area contributed by atoms with Gasteiger partial charge in [-0.3, -0.25) is 5.10 Å². The summed E-state index contributed by atoms with van der Waals surface area (Å²) in [6.07, 6.45) is 0.666. The molecule has 0 atom stereocenters. The Labute approximate surface area is 137 Å². The average Bonchev–Trinajstić information content (AvgIpc) is 3.04. The molecule has 0 aliphatic rings. The number of benzene rings is 2. The van der Waals surface area contributed by atoms with Gasteiger partial charge < -0.3 is 5.84 Å². The molecule has 4 nitrogen and oxygen atoms in total. The minimum Gasteiger partial charge on any atom is -0.323 e.